The Hall–Kier alpha value is -0.810. The number of anilines is 2. The number of aliphatic hydroxyl groups is 1. The van der Waals surface area contributed by atoms with Crippen molar-refractivity contribution < 1.29 is 5.11 Å². The third kappa shape index (κ3) is 4.48. The lowest BCUT2D eigenvalue weighted by atomic mass is 9.88. The Bertz CT molecular complexity index is 299. The molecule has 0 aliphatic carbocycles. The number of aromatic nitrogens is 1. The van der Waals surface area contributed by atoms with E-state index in [4.69, 9.17) is 10.8 Å². The topological polar surface area (TPSA) is 71.2 Å². The molecule has 1 rings (SSSR count). The molecule has 0 radical (unpaired) electrons. The van der Waals surface area contributed by atoms with E-state index >= 15 is 0 Å². The highest BCUT2D eigenvalue weighted by Gasteiger charge is 2.17. The van der Waals surface area contributed by atoms with Crippen LogP contribution >= 0.6 is 11.5 Å². The highest BCUT2D eigenvalue weighted by Crippen LogP contribution is 2.24. The molecule has 0 bridgehead atoms. The molecule has 1 heterocycles. The summed E-state index contributed by atoms with van der Waals surface area (Å²) in [6.45, 7) is 5.49. The number of nitrogens with one attached hydrogen (secondary N) is 1. The highest BCUT2D eigenvalue weighted by molar-refractivity contribution is 7.10. The van der Waals surface area contributed by atoms with Crippen LogP contribution in [0.25, 0.3) is 0 Å². The van der Waals surface area contributed by atoms with Gasteiger partial charge in [0, 0.05) is 19.2 Å². The molecule has 86 valence electrons. The smallest absolute Gasteiger partial charge is 0.139 e. The van der Waals surface area contributed by atoms with Gasteiger partial charge in [0.15, 0.2) is 0 Å². The van der Waals surface area contributed by atoms with Crippen LogP contribution in [0.4, 0.5) is 10.8 Å². The number of rotatable bonds is 6. The summed E-state index contributed by atoms with van der Waals surface area (Å²) < 4.78 is 4.00. The van der Waals surface area contributed by atoms with Crippen LogP contribution in [0.5, 0.6) is 0 Å². The first kappa shape index (κ1) is 12.3. The fourth-order valence-corrected chi connectivity index (χ4v) is 1.91. The molecule has 0 saturated heterocycles. The van der Waals surface area contributed by atoms with Gasteiger partial charge >= 0.3 is 0 Å². The predicted molar refractivity (Wildman–Crippen MR) is 65.1 cm³/mol. The van der Waals surface area contributed by atoms with Crippen molar-refractivity contribution in [1.29, 1.82) is 0 Å². The number of hydrogen-bond donors (Lipinski definition) is 3. The molecule has 0 fully saturated rings. The van der Waals surface area contributed by atoms with Crippen LogP contribution in [-0.2, 0) is 0 Å². The average Bonchev–Trinajstić information content (AvgIpc) is 2.59. The third-order valence-electron chi connectivity index (χ3n) is 2.28. The maximum atomic E-state index is 8.77. The monoisotopic (exact) mass is 229 g/mol. The molecule has 15 heavy (non-hydrogen) atoms. The second kappa shape index (κ2) is 5.32. The zero-order chi connectivity index (χ0) is 11.3. The Kier molecular flexibility index (Phi) is 4.35. The highest BCUT2D eigenvalue weighted by atomic mass is 32.1. The standard InChI is InChI=1S/C10H19N3OS/c1-10(2,4-3-5-14)7-12-9-6-8(11)13-15-9/h6,12,14H,3-5,7H2,1-2H3,(H2,11,13). The molecule has 1 aromatic heterocycles. The average molecular weight is 229 g/mol. The summed E-state index contributed by atoms with van der Waals surface area (Å²) in [7, 11) is 0. The minimum Gasteiger partial charge on any atom is -0.396 e. The molecular weight excluding hydrogens is 210 g/mol. The molecule has 0 aliphatic heterocycles. The number of aliphatic hydroxyl groups excluding tert-OH is 1. The van der Waals surface area contributed by atoms with E-state index in [-0.39, 0.29) is 12.0 Å². The minimum absolute atomic E-state index is 0.182. The fourth-order valence-electron chi connectivity index (χ4n) is 1.34. The van der Waals surface area contributed by atoms with Crippen molar-refractivity contribution in [1.82, 2.24) is 4.37 Å². The first-order valence-corrected chi connectivity index (χ1v) is 5.88. The van der Waals surface area contributed by atoms with Crippen LogP contribution in [0.15, 0.2) is 6.07 Å². The van der Waals surface area contributed by atoms with Crippen LogP contribution in [0.2, 0.25) is 0 Å². The van der Waals surface area contributed by atoms with E-state index in [0.717, 1.165) is 24.4 Å². The van der Waals surface area contributed by atoms with Gasteiger partial charge in [-0.25, -0.2) is 0 Å². The lowest BCUT2D eigenvalue weighted by molar-refractivity contribution is 0.248. The predicted octanol–water partition coefficient (Wildman–Crippen LogP) is 1.94. The summed E-state index contributed by atoms with van der Waals surface area (Å²) in [5.41, 5.74) is 5.71. The van der Waals surface area contributed by atoms with Gasteiger partial charge in [0.2, 0.25) is 0 Å². The van der Waals surface area contributed by atoms with Crippen molar-refractivity contribution >= 4 is 22.4 Å². The van der Waals surface area contributed by atoms with Crippen LogP contribution in [0, 0.1) is 5.41 Å². The fraction of sp³-hybridized carbons (Fsp3) is 0.700. The zero-order valence-electron chi connectivity index (χ0n) is 9.29. The Morgan fingerprint density at radius 1 is 1.60 bits per heavy atom. The Morgan fingerprint density at radius 3 is 2.87 bits per heavy atom. The summed E-state index contributed by atoms with van der Waals surface area (Å²) >= 11 is 1.38. The summed E-state index contributed by atoms with van der Waals surface area (Å²) in [5, 5.41) is 13.1. The molecule has 1 aromatic rings. The van der Waals surface area contributed by atoms with E-state index in [9.17, 15) is 0 Å². The van der Waals surface area contributed by atoms with E-state index in [1.54, 1.807) is 0 Å². The lowest BCUT2D eigenvalue weighted by Crippen LogP contribution is -2.23. The minimum atomic E-state index is 0.182. The molecule has 0 spiro atoms. The lowest BCUT2D eigenvalue weighted by Gasteiger charge is -2.24. The molecule has 0 aromatic carbocycles. The second-order valence-electron chi connectivity index (χ2n) is 4.46. The Labute approximate surface area is 94.7 Å². The van der Waals surface area contributed by atoms with Crippen LogP contribution in [0.3, 0.4) is 0 Å². The van der Waals surface area contributed by atoms with Crippen LogP contribution < -0.4 is 11.1 Å². The number of hydrogen-bond acceptors (Lipinski definition) is 5. The van der Waals surface area contributed by atoms with Gasteiger partial charge in [0.05, 0.1) is 0 Å². The molecule has 0 unspecified atom stereocenters. The van der Waals surface area contributed by atoms with E-state index in [0.29, 0.717) is 5.82 Å². The normalized spacial score (nSPS) is 11.7. The van der Waals surface area contributed by atoms with Gasteiger partial charge in [-0.2, -0.15) is 4.37 Å². The van der Waals surface area contributed by atoms with Crippen molar-refractivity contribution in [3.63, 3.8) is 0 Å². The SMILES string of the molecule is CC(C)(CCCO)CNc1cc(N)ns1. The number of nitrogen functional groups attached to an aromatic ring is 1. The third-order valence-corrected chi connectivity index (χ3v) is 3.04. The molecule has 4 N–H and O–H groups in total. The van der Waals surface area contributed by atoms with Crippen LogP contribution in [0.1, 0.15) is 26.7 Å². The quantitative estimate of drug-likeness (QED) is 0.697. The Balaban J connectivity index is 2.35. The maximum Gasteiger partial charge on any atom is 0.139 e. The second-order valence-corrected chi connectivity index (χ2v) is 5.27. The van der Waals surface area contributed by atoms with Crippen molar-refractivity contribution in [2.24, 2.45) is 5.41 Å². The molecule has 0 amide bonds. The van der Waals surface area contributed by atoms with Gasteiger partial charge in [0.25, 0.3) is 0 Å². The first-order valence-electron chi connectivity index (χ1n) is 5.10. The molecule has 0 aliphatic rings. The maximum absolute atomic E-state index is 8.77. The molecule has 0 atom stereocenters. The largest absolute Gasteiger partial charge is 0.396 e. The summed E-state index contributed by atoms with van der Waals surface area (Å²) in [5.74, 6) is 0.565. The van der Waals surface area contributed by atoms with Crippen LogP contribution in [-0.4, -0.2) is 22.6 Å². The van der Waals surface area contributed by atoms with Gasteiger partial charge in [-0.05, 0) is 29.8 Å². The molecule has 4 nitrogen and oxygen atoms in total. The van der Waals surface area contributed by atoms with E-state index < -0.39 is 0 Å². The zero-order valence-corrected chi connectivity index (χ0v) is 10.1. The molecule has 5 heteroatoms. The van der Waals surface area contributed by atoms with Gasteiger partial charge in [-0.1, -0.05) is 13.8 Å². The van der Waals surface area contributed by atoms with Crippen molar-refractivity contribution in [3.05, 3.63) is 6.07 Å². The molecule has 0 saturated carbocycles. The van der Waals surface area contributed by atoms with E-state index in [2.05, 4.69) is 23.5 Å². The molecular formula is C10H19N3OS. The van der Waals surface area contributed by atoms with Crippen molar-refractivity contribution in [2.45, 2.75) is 26.7 Å². The number of nitrogens with two attached hydrogens (primary N) is 1. The Morgan fingerprint density at radius 2 is 2.33 bits per heavy atom. The van der Waals surface area contributed by atoms with Gasteiger partial charge in [-0.3, -0.25) is 0 Å². The summed E-state index contributed by atoms with van der Waals surface area (Å²) in [6.07, 6.45) is 1.85. The first-order chi connectivity index (χ1) is 7.03. The van der Waals surface area contributed by atoms with Gasteiger partial charge < -0.3 is 16.2 Å². The number of nitrogens with zero attached hydrogens (tertiary/aromatic N) is 1. The van der Waals surface area contributed by atoms with Gasteiger partial charge in [0.1, 0.15) is 10.8 Å². The van der Waals surface area contributed by atoms with Crippen molar-refractivity contribution in [3.8, 4) is 0 Å². The van der Waals surface area contributed by atoms with Gasteiger partial charge in [-0.15, -0.1) is 0 Å². The summed E-state index contributed by atoms with van der Waals surface area (Å²) in [4.78, 5) is 0. The van der Waals surface area contributed by atoms with Crippen molar-refractivity contribution in [2.75, 3.05) is 24.2 Å². The summed E-state index contributed by atoms with van der Waals surface area (Å²) in [6, 6.07) is 1.84. The van der Waals surface area contributed by atoms with E-state index in [1.165, 1.54) is 11.5 Å². The van der Waals surface area contributed by atoms with E-state index in [1.807, 2.05) is 6.07 Å².